The normalized spacial score (nSPS) is 33.1. The van der Waals surface area contributed by atoms with E-state index in [2.05, 4.69) is 32.1 Å². The molecular formula is C9H13BrN2O. The predicted octanol–water partition coefficient (Wildman–Crippen LogP) is 1.60. The third-order valence-electron chi connectivity index (χ3n) is 2.58. The molecule has 2 rings (SSSR count). The molecule has 0 aromatic heterocycles. The Kier molecular flexibility index (Phi) is 2.69. The number of hydrogen-bond donors (Lipinski definition) is 0. The van der Waals surface area contributed by atoms with E-state index in [4.69, 9.17) is 4.84 Å². The smallest absolute Gasteiger partial charge is 0.149 e. The molecule has 3 nitrogen and oxygen atoms in total. The molecule has 1 saturated heterocycles. The lowest BCUT2D eigenvalue weighted by molar-refractivity contribution is 0.214. The topological polar surface area (TPSA) is 24.8 Å². The summed E-state index contributed by atoms with van der Waals surface area (Å²) >= 11 is 3.41. The molecule has 2 atom stereocenters. The summed E-state index contributed by atoms with van der Waals surface area (Å²) in [5.41, 5.74) is 1.26. The summed E-state index contributed by atoms with van der Waals surface area (Å²) in [5, 5.41) is 3.88. The predicted molar refractivity (Wildman–Crippen MR) is 56.0 cm³/mol. The van der Waals surface area contributed by atoms with Crippen LogP contribution in [-0.2, 0) is 4.84 Å². The molecule has 0 spiro atoms. The second-order valence-electron chi connectivity index (χ2n) is 3.54. The first-order valence-corrected chi connectivity index (χ1v) is 5.29. The summed E-state index contributed by atoms with van der Waals surface area (Å²) < 4.78 is 0.839. The highest BCUT2D eigenvalue weighted by Gasteiger charge is 2.27. The molecule has 0 N–H and O–H groups in total. The minimum Gasteiger partial charge on any atom is -0.398 e. The first-order chi connectivity index (χ1) is 6.29. The maximum absolute atomic E-state index is 4.73. The number of oxime groups is 1. The molecule has 13 heavy (non-hydrogen) atoms. The van der Waals surface area contributed by atoms with Crippen molar-refractivity contribution in [2.45, 2.75) is 6.42 Å². The fraction of sp³-hybridized carbons (Fsp3) is 0.667. The lowest BCUT2D eigenvalue weighted by Gasteiger charge is -2.21. The maximum atomic E-state index is 4.73. The molecule has 4 heteroatoms. The van der Waals surface area contributed by atoms with Crippen LogP contribution in [0, 0.1) is 5.92 Å². The number of hydrogen-bond acceptors (Lipinski definition) is 3. The standard InChI is InChI=1S/C9H13BrN2O/c1-13-11-9(10)8-4-7-2-3-12(5-7)6-8/h4,7H,2-3,5-6H2,1H3. The van der Waals surface area contributed by atoms with Gasteiger partial charge in [-0.1, -0.05) is 11.2 Å². The van der Waals surface area contributed by atoms with Crippen LogP contribution in [-0.4, -0.2) is 36.3 Å². The Morgan fingerprint density at radius 3 is 3.31 bits per heavy atom. The fourth-order valence-electron chi connectivity index (χ4n) is 1.99. The van der Waals surface area contributed by atoms with Crippen molar-refractivity contribution in [3.05, 3.63) is 11.6 Å². The van der Waals surface area contributed by atoms with Crippen molar-refractivity contribution < 1.29 is 4.84 Å². The molecule has 2 heterocycles. The highest BCUT2D eigenvalue weighted by atomic mass is 79.9. The highest BCUT2D eigenvalue weighted by molar-refractivity contribution is 9.18. The van der Waals surface area contributed by atoms with E-state index >= 15 is 0 Å². The van der Waals surface area contributed by atoms with Gasteiger partial charge in [0, 0.05) is 13.1 Å². The molecule has 0 aromatic carbocycles. The molecule has 0 aromatic rings. The third kappa shape index (κ3) is 1.94. The quantitative estimate of drug-likeness (QED) is 0.545. The molecule has 0 aliphatic carbocycles. The van der Waals surface area contributed by atoms with Gasteiger partial charge < -0.3 is 4.84 Å². The first kappa shape index (κ1) is 9.21. The zero-order valence-corrected chi connectivity index (χ0v) is 9.25. The van der Waals surface area contributed by atoms with Crippen molar-refractivity contribution in [1.82, 2.24) is 4.90 Å². The Bertz CT molecular complexity index is 262. The Hall–Kier alpha value is -0.350. The molecule has 1 fully saturated rings. The average Bonchev–Trinajstić information content (AvgIpc) is 2.46. The molecule has 2 bridgehead atoms. The van der Waals surface area contributed by atoms with Crippen molar-refractivity contribution in [1.29, 1.82) is 0 Å². The van der Waals surface area contributed by atoms with Gasteiger partial charge in [0.1, 0.15) is 11.7 Å². The summed E-state index contributed by atoms with van der Waals surface area (Å²) in [5.74, 6) is 0.725. The fourth-order valence-corrected chi connectivity index (χ4v) is 2.40. The van der Waals surface area contributed by atoms with Crippen LogP contribution in [0.5, 0.6) is 0 Å². The van der Waals surface area contributed by atoms with Gasteiger partial charge in [-0.2, -0.15) is 0 Å². The zero-order valence-electron chi connectivity index (χ0n) is 7.66. The van der Waals surface area contributed by atoms with Crippen molar-refractivity contribution in [2.75, 3.05) is 26.7 Å². The average molecular weight is 245 g/mol. The van der Waals surface area contributed by atoms with E-state index in [0.29, 0.717) is 0 Å². The minimum absolute atomic E-state index is 0.725. The molecule has 2 unspecified atom stereocenters. The summed E-state index contributed by atoms with van der Waals surface area (Å²) in [6, 6.07) is 0. The monoisotopic (exact) mass is 244 g/mol. The summed E-state index contributed by atoms with van der Waals surface area (Å²) in [6.45, 7) is 3.44. The van der Waals surface area contributed by atoms with E-state index in [1.807, 2.05) is 0 Å². The second kappa shape index (κ2) is 3.80. The molecule has 72 valence electrons. The van der Waals surface area contributed by atoms with E-state index < -0.39 is 0 Å². The molecule has 2 aliphatic rings. The number of fused-ring (bicyclic) bond motifs is 2. The largest absolute Gasteiger partial charge is 0.398 e. The van der Waals surface area contributed by atoms with Crippen LogP contribution in [0.3, 0.4) is 0 Å². The Morgan fingerprint density at radius 1 is 1.77 bits per heavy atom. The van der Waals surface area contributed by atoms with Crippen LogP contribution < -0.4 is 0 Å². The van der Waals surface area contributed by atoms with Crippen LogP contribution in [0.2, 0.25) is 0 Å². The molecule has 0 saturated carbocycles. The van der Waals surface area contributed by atoms with Crippen LogP contribution in [0.1, 0.15) is 6.42 Å². The van der Waals surface area contributed by atoms with Crippen molar-refractivity contribution in [2.24, 2.45) is 11.1 Å². The lowest BCUT2D eigenvalue weighted by atomic mass is 10.0. The Balaban J connectivity index is 2.12. The van der Waals surface area contributed by atoms with Crippen molar-refractivity contribution in [3.8, 4) is 0 Å². The lowest BCUT2D eigenvalue weighted by Crippen LogP contribution is -2.28. The van der Waals surface area contributed by atoms with Gasteiger partial charge in [-0.25, -0.2) is 0 Å². The highest BCUT2D eigenvalue weighted by Crippen LogP contribution is 2.26. The summed E-state index contributed by atoms with van der Waals surface area (Å²) in [6.07, 6.45) is 3.60. The van der Waals surface area contributed by atoms with Gasteiger partial charge in [-0.3, -0.25) is 4.90 Å². The zero-order chi connectivity index (χ0) is 9.26. The number of rotatable bonds is 2. The van der Waals surface area contributed by atoms with Crippen molar-refractivity contribution >= 4 is 20.6 Å². The van der Waals surface area contributed by atoms with Gasteiger partial charge in [-0.05, 0) is 40.4 Å². The second-order valence-corrected chi connectivity index (χ2v) is 4.29. The third-order valence-corrected chi connectivity index (χ3v) is 3.23. The molecule has 0 amide bonds. The van der Waals surface area contributed by atoms with E-state index in [1.165, 1.54) is 25.1 Å². The van der Waals surface area contributed by atoms with Crippen LogP contribution in [0.4, 0.5) is 0 Å². The van der Waals surface area contributed by atoms with Gasteiger partial charge in [0.25, 0.3) is 0 Å². The molecule has 2 aliphatic heterocycles. The van der Waals surface area contributed by atoms with Crippen LogP contribution >= 0.6 is 15.9 Å². The summed E-state index contributed by atoms with van der Waals surface area (Å²) in [4.78, 5) is 7.18. The number of halogens is 1. The minimum atomic E-state index is 0.725. The van der Waals surface area contributed by atoms with Gasteiger partial charge >= 0.3 is 0 Å². The SMILES string of the molecule is CON=C(Br)C1=CC2CCN(C1)C2. The Morgan fingerprint density at radius 2 is 2.62 bits per heavy atom. The Labute approximate surface area is 86.5 Å². The van der Waals surface area contributed by atoms with Crippen molar-refractivity contribution in [3.63, 3.8) is 0 Å². The van der Waals surface area contributed by atoms with E-state index in [1.54, 1.807) is 7.11 Å². The van der Waals surface area contributed by atoms with Gasteiger partial charge in [0.2, 0.25) is 0 Å². The van der Waals surface area contributed by atoms with Gasteiger partial charge in [0.15, 0.2) is 0 Å². The molecular weight excluding hydrogens is 232 g/mol. The first-order valence-electron chi connectivity index (χ1n) is 4.49. The van der Waals surface area contributed by atoms with E-state index in [0.717, 1.165) is 17.1 Å². The maximum Gasteiger partial charge on any atom is 0.149 e. The molecule has 0 radical (unpaired) electrons. The van der Waals surface area contributed by atoms with Crippen LogP contribution in [0.25, 0.3) is 0 Å². The van der Waals surface area contributed by atoms with Gasteiger partial charge in [0.05, 0.1) is 0 Å². The summed E-state index contributed by atoms with van der Waals surface area (Å²) in [7, 11) is 1.57. The number of nitrogens with zero attached hydrogens (tertiary/aromatic N) is 2. The van der Waals surface area contributed by atoms with E-state index in [-0.39, 0.29) is 0 Å². The van der Waals surface area contributed by atoms with Gasteiger partial charge in [-0.15, -0.1) is 0 Å². The van der Waals surface area contributed by atoms with E-state index in [9.17, 15) is 0 Å². The van der Waals surface area contributed by atoms with Crippen LogP contribution in [0.15, 0.2) is 16.8 Å².